The Labute approximate surface area is 193 Å². The van der Waals surface area contributed by atoms with Crippen molar-refractivity contribution in [2.24, 2.45) is 10.1 Å². The highest BCUT2D eigenvalue weighted by Gasteiger charge is 2.28. The molecule has 0 aromatic carbocycles. The zero-order valence-electron chi connectivity index (χ0n) is 17.5. The highest BCUT2D eigenvalue weighted by Crippen LogP contribution is 2.38. The van der Waals surface area contributed by atoms with Crippen LogP contribution in [0.3, 0.4) is 0 Å². The molecule has 0 fully saturated rings. The van der Waals surface area contributed by atoms with Gasteiger partial charge in [-0.3, -0.25) is 9.78 Å². The topological polar surface area (TPSA) is 120 Å². The van der Waals surface area contributed by atoms with Gasteiger partial charge < -0.3 is 15.8 Å². The number of aromatic nitrogens is 4. The van der Waals surface area contributed by atoms with Gasteiger partial charge in [0.25, 0.3) is 0 Å². The fourth-order valence-electron chi connectivity index (χ4n) is 3.59. The minimum atomic E-state index is -0.613. The number of ether oxygens (including phenoxy) is 1. The summed E-state index contributed by atoms with van der Waals surface area (Å²) in [6, 6.07) is 1.84. The third-order valence-electron chi connectivity index (χ3n) is 5.03. The van der Waals surface area contributed by atoms with E-state index >= 15 is 0 Å². The first-order valence-electron chi connectivity index (χ1n) is 9.79. The van der Waals surface area contributed by atoms with Crippen LogP contribution in [0.5, 0.6) is 5.75 Å². The summed E-state index contributed by atoms with van der Waals surface area (Å²) in [6.07, 6.45) is 1.78. The van der Waals surface area contributed by atoms with Gasteiger partial charge in [0.15, 0.2) is 5.84 Å². The Hall–Kier alpha value is -2.92. The SMILES string of the molecule is COc1c(C)cnc(Cn2nc3cc(CC(=O)NCCF)c4c-3c(n2)C(N)=NSC4)c1Cl. The van der Waals surface area contributed by atoms with Gasteiger partial charge in [0.05, 0.1) is 24.9 Å². The smallest absolute Gasteiger partial charge is 0.224 e. The van der Waals surface area contributed by atoms with Gasteiger partial charge in [-0.15, -0.1) is 0 Å². The van der Waals surface area contributed by atoms with Crippen molar-refractivity contribution in [1.82, 2.24) is 25.3 Å². The zero-order valence-corrected chi connectivity index (χ0v) is 19.1. The summed E-state index contributed by atoms with van der Waals surface area (Å²) >= 11 is 7.75. The molecule has 1 aromatic rings. The molecule has 3 aliphatic rings. The molecule has 32 heavy (non-hydrogen) atoms. The van der Waals surface area contributed by atoms with Crippen LogP contribution in [0.1, 0.15) is 28.1 Å². The molecule has 0 unspecified atom stereocenters. The Bertz CT molecular complexity index is 1180. The maximum Gasteiger partial charge on any atom is 0.224 e. The molecule has 2 aliphatic heterocycles. The summed E-state index contributed by atoms with van der Waals surface area (Å²) < 4.78 is 22.1. The van der Waals surface area contributed by atoms with Crippen LogP contribution in [-0.4, -0.2) is 52.0 Å². The van der Waals surface area contributed by atoms with Gasteiger partial charge in [-0.2, -0.15) is 19.4 Å². The molecule has 0 bridgehead atoms. The second kappa shape index (κ2) is 9.29. The van der Waals surface area contributed by atoms with Crippen LogP contribution in [0.15, 0.2) is 16.7 Å². The van der Waals surface area contributed by atoms with Crippen molar-refractivity contribution in [3.8, 4) is 17.0 Å². The molecule has 1 aromatic heterocycles. The van der Waals surface area contributed by atoms with E-state index in [1.807, 2.05) is 13.0 Å². The molecular formula is C20H21ClFN7O2S. The number of pyridine rings is 1. The summed E-state index contributed by atoms with van der Waals surface area (Å²) in [5, 5.41) is 12.1. The lowest BCUT2D eigenvalue weighted by Crippen LogP contribution is -2.27. The number of rotatable bonds is 7. The first-order valence-corrected chi connectivity index (χ1v) is 11.1. The molecule has 1 amide bonds. The van der Waals surface area contributed by atoms with Crippen LogP contribution in [0, 0.1) is 6.92 Å². The van der Waals surface area contributed by atoms with Crippen molar-refractivity contribution in [3.63, 3.8) is 0 Å². The lowest BCUT2D eigenvalue weighted by Gasteiger charge is -2.14. The summed E-state index contributed by atoms with van der Waals surface area (Å²) in [7, 11) is 1.55. The molecular weight excluding hydrogens is 457 g/mol. The number of aryl methyl sites for hydroxylation is 1. The molecule has 3 heterocycles. The molecule has 0 atom stereocenters. The van der Waals surface area contributed by atoms with Gasteiger partial charge in [0, 0.05) is 29.6 Å². The standard InChI is InChI=1S/C20H21ClFN7O2S/c1-10-7-25-14(17(21)19(10)31-2)8-29-26-13-5-11(6-15(30)24-4-3-22)12-9-32-28-20(23)18(27-29)16(12)13/h5,7H,3-4,6,8-9H2,1-2H3,(H2,23,28)(H,24,30). The van der Waals surface area contributed by atoms with Gasteiger partial charge in [0.2, 0.25) is 5.91 Å². The third kappa shape index (κ3) is 4.22. The van der Waals surface area contributed by atoms with Crippen LogP contribution in [0.25, 0.3) is 11.3 Å². The average Bonchev–Trinajstić information content (AvgIpc) is 3.00. The highest BCUT2D eigenvalue weighted by atomic mass is 35.5. The number of methoxy groups -OCH3 is 1. The zero-order chi connectivity index (χ0) is 22.8. The van der Waals surface area contributed by atoms with E-state index < -0.39 is 6.67 Å². The van der Waals surface area contributed by atoms with Crippen LogP contribution < -0.4 is 15.8 Å². The largest absolute Gasteiger partial charge is 0.495 e. The minimum absolute atomic E-state index is 0.0158. The van der Waals surface area contributed by atoms with Gasteiger partial charge in [0.1, 0.15) is 29.7 Å². The number of carbonyl (C=O) groups is 1. The maximum absolute atomic E-state index is 12.4. The van der Waals surface area contributed by atoms with Crippen molar-refractivity contribution in [1.29, 1.82) is 0 Å². The molecule has 168 valence electrons. The van der Waals surface area contributed by atoms with Gasteiger partial charge in [-0.25, -0.2) is 4.39 Å². The first kappa shape index (κ1) is 22.3. The van der Waals surface area contributed by atoms with E-state index in [-0.39, 0.29) is 31.3 Å². The highest BCUT2D eigenvalue weighted by molar-refractivity contribution is 7.97. The fourth-order valence-corrected chi connectivity index (χ4v) is 4.67. The Morgan fingerprint density at radius 3 is 3.00 bits per heavy atom. The van der Waals surface area contributed by atoms with E-state index in [0.29, 0.717) is 33.6 Å². The third-order valence-corrected chi connectivity index (χ3v) is 6.17. The maximum atomic E-state index is 12.4. The van der Waals surface area contributed by atoms with Gasteiger partial charge in [-0.05, 0) is 36.1 Å². The van der Waals surface area contributed by atoms with E-state index in [1.165, 1.54) is 16.7 Å². The van der Waals surface area contributed by atoms with Crippen molar-refractivity contribution in [2.75, 3.05) is 20.3 Å². The van der Waals surface area contributed by atoms with E-state index in [0.717, 1.165) is 22.3 Å². The molecule has 0 spiro atoms. The molecule has 1 aliphatic carbocycles. The Morgan fingerprint density at radius 2 is 2.25 bits per heavy atom. The second-order valence-electron chi connectivity index (χ2n) is 7.19. The molecule has 9 nitrogen and oxygen atoms in total. The summed E-state index contributed by atoms with van der Waals surface area (Å²) in [5.74, 6) is 1.09. The molecule has 3 N–H and O–H groups in total. The van der Waals surface area contributed by atoms with Crippen LogP contribution in [0.2, 0.25) is 5.02 Å². The van der Waals surface area contributed by atoms with E-state index in [9.17, 15) is 9.18 Å². The molecule has 4 rings (SSSR count). The van der Waals surface area contributed by atoms with Gasteiger partial charge in [-0.1, -0.05) is 11.6 Å². The van der Waals surface area contributed by atoms with E-state index in [2.05, 4.69) is 24.9 Å². The average molecular weight is 478 g/mol. The molecule has 0 saturated carbocycles. The number of nitrogens with zero attached hydrogens (tertiary/aromatic N) is 5. The van der Waals surface area contributed by atoms with Gasteiger partial charge >= 0.3 is 0 Å². The van der Waals surface area contributed by atoms with Crippen LogP contribution in [0.4, 0.5) is 4.39 Å². The molecule has 0 saturated heterocycles. The van der Waals surface area contributed by atoms with Crippen molar-refractivity contribution < 1.29 is 13.9 Å². The van der Waals surface area contributed by atoms with E-state index in [4.69, 9.17) is 22.1 Å². The van der Waals surface area contributed by atoms with Crippen LogP contribution >= 0.6 is 23.5 Å². The lowest BCUT2D eigenvalue weighted by molar-refractivity contribution is -0.120. The Kier molecular flexibility index (Phi) is 6.47. The van der Waals surface area contributed by atoms with Crippen molar-refractivity contribution in [2.45, 2.75) is 25.6 Å². The van der Waals surface area contributed by atoms with Crippen molar-refractivity contribution in [3.05, 3.63) is 45.4 Å². The number of carbonyl (C=O) groups excluding carboxylic acids is 1. The molecule has 12 heteroatoms. The fraction of sp³-hybridized carbons (Fsp3) is 0.350. The van der Waals surface area contributed by atoms with E-state index in [1.54, 1.807) is 13.3 Å². The minimum Gasteiger partial charge on any atom is -0.495 e. The summed E-state index contributed by atoms with van der Waals surface area (Å²) in [4.78, 5) is 18.0. The summed E-state index contributed by atoms with van der Waals surface area (Å²) in [5.41, 5.74) is 11.1. The number of amides is 1. The second-order valence-corrected chi connectivity index (χ2v) is 8.30. The Morgan fingerprint density at radius 1 is 1.44 bits per heavy atom. The number of nitrogens with one attached hydrogen (secondary N) is 1. The predicted octanol–water partition coefficient (Wildman–Crippen LogP) is 2.29. The van der Waals surface area contributed by atoms with Crippen molar-refractivity contribution >= 4 is 35.3 Å². The number of hydrogen-bond donors (Lipinski definition) is 2. The Balaban J connectivity index is 1.76. The number of nitrogens with two attached hydrogens (primary N) is 1. The number of halogens is 2. The first-order chi connectivity index (χ1) is 15.4. The predicted molar refractivity (Wildman–Crippen MR) is 121 cm³/mol. The normalized spacial score (nSPS) is 13.1. The number of amidine groups is 1. The quantitative estimate of drug-likeness (QED) is 0.501. The molecule has 0 radical (unpaired) electrons. The number of alkyl halides is 1. The van der Waals surface area contributed by atoms with Crippen LogP contribution in [-0.2, 0) is 23.5 Å². The lowest BCUT2D eigenvalue weighted by atomic mass is 10.1. The summed E-state index contributed by atoms with van der Waals surface area (Å²) in [6.45, 7) is 1.41. The number of hydrogen-bond acceptors (Lipinski definition) is 8. The monoisotopic (exact) mass is 477 g/mol.